The van der Waals surface area contributed by atoms with Crippen LogP contribution in [0.1, 0.15) is 11.1 Å². The minimum absolute atomic E-state index is 0.383. The monoisotopic (exact) mass is 367 g/mol. The van der Waals surface area contributed by atoms with Gasteiger partial charge in [-0.1, -0.05) is 91.0 Å². The molecule has 0 N–H and O–H groups in total. The van der Waals surface area contributed by atoms with Gasteiger partial charge in [-0.05, 0) is 28.3 Å². The Morgan fingerprint density at radius 2 is 1.14 bits per heavy atom. The number of nitrogens with zero attached hydrogens (tertiary/aromatic N) is 1. The molecule has 0 spiro atoms. The molecule has 0 aliphatic heterocycles. The molecule has 0 radical (unpaired) electrons. The lowest BCUT2D eigenvalue weighted by molar-refractivity contribution is 0.680. The molecule has 0 saturated heterocycles. The molecule has 4 aromatic rings. The van der Waals surface area contributed by atoms with Crippen LogP contribution in [0.3, 0.4) is 0 Å². The van der Waals surface area contributed by atoms with Crippen molar-refractivity contribution >= 4 is 11.5 Å². The second kappa shape index (κ2) is 7.89. The number of rotatable bonds is 4. The SMILES string of the molecule is O=c1ccccn1/C(F)=C(\c1ccccc1)c1ccc(-c2ccccc2)cc1. The minimum atomic E-state index is -0.593. The first-order valence-electron chi connectivity index (χ1n) is 9.03. The highest BCUT2D eigenvalue weighted by Gasteiger charge is 2.15. The van der Waals surface area contributed by atoms with Gasteiger partial charge in [-0.25, -0.2) is 0 Å². The van der Waals surface area contributed by atoms with Gasteiger partial charge in [0.05, 0.1) is 0 Å². The average Bonchev–Trinajstić information content (AvgIpc) is 2.76. The van der Waals surface area contributed by atoms with Crippen LogP contribution in [0, 0.1) is 0 Å². The van der Waals surface area contributed by atoms with Crippen LogP contribution < -0.4 is 5.56 Å². The Kier molecular flexibility index (Phi) is 4.98. The molecular formula is C25H18FNO. The molecule has 3 heteroatoms. The Morgan fingerprint density at radius 1 is 0.607 bits per heavy atom. The van der Waals surface area contributed by atoms with Crippen LogP contribution in [0.25, 0.3) is 22.7 Å². The van der Waals surface area contributed by atoms with Gasteiger partial charge >= 0.3 is 0 Å². The van der Waals surface area contributed by atoms with Crippen molar-refractivity contribution in [1.82, 2.24) is 4.57 Å². The van der Waals surface area contributed by atoms with Crippen LogP contribution in [-0.4, -0.2) is 4.57 Å². The summed E-state index contributed by atoms with van der Waals surface area (Å²) >= 11 is 0. The summed E-state index contributed by atoms with van der Waals surface area (Å²) in [5.74, 6) is -0.593. The fraction of sp³-hybridized carbons (Fsp3) is 0. The van der Waals surface area contributed by atoms with Crippen LogP contribution in [0.5, 0.6) is 0 Å². The number of pyridine rings is 1. The van der Waals surface area contributed by atoms with Crippen LogP contribution >= 0.6 is 0 Å². The number of aromatic nitrogens is 1. The lowest BCUT2D eigenvalue weighted by Crippen LogP contribution is -2.16. The third kappa shape index (κ3) is 3.55. The van der Waals surface area contributed by atoms with E-state index in [4.69, 9.17) is 0 Å². The largest absolute Gasteiger partial charge is 0.269 e. The van der Waals surface area contributed by atoms with Crippen molar-refractivity contribution in [2.24, 2.45) is 0 Å². The van der Waals surface area contributed by atoms with E-state index in [-0.39, 0.29) is 0 Å². The first kappa shape index (κ1) is 17.7. The van der Waals surface area contributed by atoms with E-state index in [1.54, 1.807) is 12.1 Å². The molecule has 136 valence electrons. The van der Waals surface area contributed by atoms with E-state index in [1.807, 2.05) is 84.9 Å². The van der Waals surface area contributed by atoms with Crippen LogP contribution in [0.2, 0.25) is 0 Å². The number of hydrogen-bond donors (Lipinski definition) is 0. The second-order valence-corrected chi connectivity index (χ2v) is 6.38. The van der Waals surface area contributed by atoms with E-state index >= 15 is 4.39 Å². The summed E-state index contributed by atoms with van der Waals surface area (Å²) in [5, 5.41) is 0. The highest BCUT2D eigenvalue weighted by atomic mass is 19.1. The van der Waals surface area contributed by atoms with E-state index in [0.29, 0.717) is 16.7 Å². The Labute approximate surface area is 162 Å². The summed E-state index contributed by atoms with van der Waals surface area (Å²) in [4.78, 5) is 12.2. The minimum Gasteiger partial charge on any atom is -0.269 e. The van der Waals surface area contributed by atoms with Gasteiger partial charge in [0.15, 0.2) is 0 Å². The zero-order valence-corrected chi connectivity index (χ0v) is 15.1. The molecule has 0 bridgehead atoms. The van der Waals surface area contributed by atoms with Gasteiger partial charge in [0, 0.05) is 17.8 Å². The van der Waals surface area contributed by atoms with E-state index in [2.05, 4.69) is 0 Å². The molecule has 1 aromatic heterocycles. The molecule has 2 nitrogen and oxygen atoms in total. The van der Waals surface area contributed by atoms with Gasteiger partial charge in [-0.15, -0.1) is 0 Å². The molecule has 0 amide bonds. The first-order chi connectivity index (χ1) is 13.7. The molecule has 3 aromatic carbocycles. The van der Waals surface area contributed by atoms with E-state index < -0.39 is 11.5 Å². The molecule has 0 fully saturated rings. The highest BCUT2D eigenvalue weighted by Crippen LogP contribution is 2.31. The molecule has 0 atom stereocenters. The Morgan fingerprint density at radius 3 is 1.79 bits per heavy atom. The van der Waals surface area contributed by atoms with Crippen molar-refractivity contribution in [1.29, 1.82) is 0 Å². The molecule has 0 unspecified atom stereocenters. The fourth-order valence-electron chi connectivity index (χ4n) is 3.18. The third-order valence-corrected chi connectivity index (χ3v) is 4.58. The normalized spacial score (nSPS) is 11.8. The maximum Gasteiger partial charge on any atom is 0.256 e. The van der Waals surface area contributed by atoms with E-state index in [0.717, 1.165) is 15.7 Å². The van der Waals surface area contributed by atoms with Crippen LogP contribution in [0.4, 0.5) is 4.39 Å². The molecule has 0 aliphatic rings. The highest BCUT2D eigenvalue weighted by molar-refractivity contribution is 5.91. The van der Waals surface area contributed by atoms with Gasteiger partial charge in [0.2, 0.25) is 5.95 Å². The average molecular weight is 367 g/mol. The molecular weight excluding hydrogens is 349 g/mol. The summed E-state index contributed by atoms with van der Waals surface area (Å²) in [6, 6.07) is 31.6. The lowest BCUT2D eigenvalue weighted by atomic mass is 9.96. The summed E-state index contributed by atoms with van der Waals surface area (Å²) in [6.45, 7) is 0. The van der Waals surface area contributed by atoms with Crippen molar-refractivity contribution < 1.29 is 4.39 Å². The van der Waals surface area contributed by atoms with Crippen molar-refractivity contribution in [3.8, 4) is 11.1 Å². The van der Waals surface area contributed by atoms with Gasteiger partial charge < -0.3 is 0 Å². The predicted molar refractivity (Wildman–Crippen MR) is 112 cm³/mol. The predicted octanol–water partition coefficient (Wildman–Crippen LogP) is 5.86. The Bertz CT molecular complexity index is 1160. The summed E-state index contributed by atoms with van der Waals surface area (Å²) in [6.07, 6.45) is 1.44. The molecule has 0 aliphatic carbocycles. The Balaban J connectivity index is 1.87. The second-order valence-electron chi connectivity index (χ2n) is 6.38. The van der Waals surface area contributed by atoms with E-state index in [1.165, 1.54) is 12.3 Å². The van der Waals surface area contributed by atoms with Crippen molar-refractivity contribution in [3.05, 3.63) is 131 Å². The number of halogens is 1. The summed E-state index contributed by atoms with van der Waals surface area (Å²) in [5.41, 5.74) is 3.54. The van der Waals surface area contributed by atoms with Crippen LogP contribution in [0.15, 0.2) is 114 Å². The zero-order chi connectivity index (χ0) is 19.3. The smallest absolute Gasteiger partial charge is 0.256 e. The number of hydrogen-bond acceptors (Lipinski definition) is 1. The maximum absolute atomic E-state index is 15.5. The standard InChI is InChI=1S/C25H18FNO/c26-25(27-18-8-7-13-23(27)28)24(21-11-5-2-6-12-21)22-16-14-20(15-17-22)19-9-3-1-4-10-19/h1-18H/b25-24+. The summed E-state index contributed by atoms with van der Waals surface area (Å²) in [7, 11) is 0. The van der Waals surface area contributed by atoms with Gasteiger partial charge in [0.25, 0.3) is 5.56 Å². The zero-order valence-electron chi connectivity index (χ0n) is 15.1. The fourth-order valence-corrected chi connectivity index (χ4v) is 3.18. The van der Waals surface area contributed by atoms with Crippen molar-refractivity contribution in [2.45, 2.75) is 0 Å². The van der Waals surface area contributed by atoms with Gasteiger partial charge in [0.1, 0.15) is 0 Å². The molecule has 28 heavy (non-hydrogen) atoms. The third-order valence-electron chi connectivity index (χ3n) is 4.58. The van der Waals surface area contributed by atoms with Gasteiger partial charge in [-0.2, -0.15) is 4.39 Å². The van der Waals surface area contributed by atoms with E-state index in [9.17, 15) is 4.79 Å². The maximum atomic E-state index is 15.5. The molecule has 4 rings (SSSR count). The summed E-state index contributed by atoms with van der Waals surface area (Å²) < 4.78 is 16.5. The molecule has 0 saturated carbocycles. The van der Waals surface area contributed by atoms with Gasteiger partial charge in [-0.3, -0.25) is 9.36 Å². The quantitative estimate of drug-likeness (QED) is 0.443. The topological polar surface area (TPSA) is 22.0 Å². The Hall–Kier alpha value is -3.72. The van der Waals surface area contributed by atoms with Crippen molar-refractivity contribution in [3.63, 3.8) is 0 Å². The molecule has 1 heterocycles. The number of benzene rings is 3. The van der Waals surface area contributed by atoms with Crippen LogP contribution in [-0.2, 0) is 0 Å². The first-order valence-corrected chi connectivity index (χ1v) is 9.03. The lowest BCUT2D eigenvalue weighted by Gasteiger charge is -2.13. The van der Waals surface area contributed by atoms with Crippen molar-refractivity contribution in [2.75, 3.05) is 0 Å².